The van der Waals surface area contributed by atoms with E-state index in [1.165, 1.54) is 0 Å². The Bertz CT molecular complexity index is 592. The van der Waals surface area contributed by atoms with Gasteiger partial charge in [0.25, 0.3) is 0 Å². The number of tetrazole rings is 2. The van der Waals surface area contributed by atoms with E-state index in [1.807, 2.05) is 0 Å². The molecule has 144 valence electrons. The van der Waals surface area contributed by atoms with Crippen molar-refractivity contribution in [1.29, 1.82) is 0 Å². The predicted octanol–water partition coefficient (Wildman–Crippen LogP) is 2.66. The summed E-state index contributed by atoms with van der Waals surface area (Å²) < 4.78 is 0. The number of ketones is 1. The van der Waals surface area contributed by atoms with Crippen LogP contribution in [0.15, 0.2) is 0 Å². The van der Waals surface area contributed by atoms with Crippen LogP contribution in [0.1, 0.15) is 90.7 Å². The lowest BCUT2D eigenvalue weighted by Gasteiger charge is -2.20. The van der Waals surface area contributed by atoms with Crippen molar-refractivity contribution in [2.45, 2.75) is 89.9 Å². The van der Waals surface area contributed by atoms with E-state index < -0.39 is 0 Å². The van der Waals surface area contributed by atoms with E-state index in [-0.39, 0.29) is 10.8 Å². The van der Waals surface area contributed by atoms with Gasteiger partial charge < -0.3 is 0 Å². The number of hydrogen-bond donors (Lipinski definition) is 2. The lowest BCUT2D eigenvalue weighted by Crippen LogP contribution is -2.19. The molecule has 0 unspecified atom stereocenters. The van der Waals surface area contributed by atoms with Gasteiger partial charge in [0.05, 0.1) is 0 Å². The fraction of sp³-hybridized carbons (Fsp3) is 0.824. The van der Waals surface area contributed by atoms with Gasteiger partial charge in [-0.15, -0.1) is 10.2 Å². The molecule has 2 rings (SSSR count). The van der Waals surface area contributed by atoms with Crippen molar-refractivity contribution < 1.29 is 4.79 Å². The molecule has 2 N–H and O–H groups in total. The Labute approximate surface area is 154 Å². The number of Topliss-reactive ketones (excluding diaryl/α,β-unsaturated/α-hetero) is 1. The number of hydrogen-bond acceptors (Lipinski definition) is 7. The standard InChI is InChI=1S/C17H30N8O/c1-16(2,14-18-22-23-19-14)11-7-5-9-13(26)10-6-8-12-17(3,4)15-20-24-25-21-15/h5-12H2,1-4H3,(H,18,19,22,23)(H,20,21,24,25). The molecular formula is C17H30N8O. The number of nitrogens with one attached hydrogen (secondary N) is 2. The molecule has 9 heteroatoms. The first-order valence-electron chi connectivity index (χ1n) is 9.31. The number of carbonyl (C=O) groups is 1. The molecule has 0 fully saturated rings. The molecule has 2 aromatic rings. The van der Waals surface area contributed by atoms with Crippen LogP contribution in [0.5, 0.6) is 0 Å². The van der Waals surface area contributed by atoms with E-state index in [4.69, 9.17) is 0 Å². The van der Waals surface area contributed by atoms with Crippen molar-refractivity contribution >= 4 is 5.78 Å². The Hall–Kier alpha value is -2.19. The highest BCUT2D eigenvalue weighted by Gasteiger charge is 2.25. The first-order valence-corrected chi connectivity index (χ1v) is 9.31. The summed E-state index contributed by atoms with van der Waals surface area (Å²) in [5.74, 6) is 1.95. The highest BCUT2D eigenvalue weighted by atomic mass is 16.1. The molecule has 0 spiro atoms. The Balaban J connectivity index is 1.57. The number of carbonyl (C=O) groups excluding carboxylic acids is 1. The van der Waals surface area contributed by atoms with E-state index in [0.717, 1.165) is 50.2 Å². The van der Waals surface area contributed by atoms with Crippen LogP contribution in [0, 0.1) is 0 Å². The molecule has 0 saturated carbocycles. The van der Waals surface area contributed by atoms with Crippen LogP contribution in [0.3, 0.4) is 0 Å². The average molecular weight is 362 g/mol. The van der Waals surface area contributed by atoms with E-state index in [0.29, 0.717) is 18.6 Å². The Morgan fingerprint density at radius 2 is 1.19 bits per heavy atom. The minimum absolute atomic E-state index is 0.0896. The number of aromatic amines is 2. The van der Waals surface area contributed by atoms with Crippen molar-refractivity contribution in [3.05, 3.63) is 11.6 Å². The zero-order valence-corrected chi connectivity index (χ0v) is 16.2. The van der Waals surface area contributed by atoms with Crippen molar-refractivity contribution in [1.82, 2.24) is 41.2 Å². The Morgan fingerprint density at radius 1 is 0.769 bits per heavy atom. The van der Waals surface area contributed by atoms with Gasteiger partial charge in [-0.2, -0.15) is 0 Å². The molecule has 0 amide bonds. The molecular weight excluding hydrogens is 332 g/mol. The van der Waals surface area contributed by atoms with Crippen LogP contribution in [-0.2, 0) is 15.6 Å². The second-order valence-electron chi connectivity index (χ2n) is 8.22. The van der Waals surface area contributed by atoms with Crippen molar-refractivity contribution in [2.75, 3.05) is 0 Å². The maximum Gasteiger partial charge on any atom is 0.154 e. The van der Waals surface area contributed by atoms with E-state index in [9.17, 15) is 4.79 Å². The summed E-state index contributed by atoms with van der Waals surface area (Å²) in [6, 6.07) is 0. The Kier molecular flexibility index (Phi) is 6.93. The maximum atomic E-state index is 12.1. The van der Waals surface area contributed by atoms with Crippen LogP contribution < -0.4 is 0 Å². The summed E-state index contributed by atoms with van der Waals surface area (Å²) in [7, 11) is 0. The molecule has 0 saturated heterocycles. The zero-order chi connectivity index (χ0) is 19.0. The molecule has 0 aliphatic carbocycles. The van der Waals surface area contributed by atoms with Gasteiger partial charge in [0.1, 0.15) is 5.78 Å². The normalized spacial score (nSPS) is 12.5. The van der Waals surface area contributed by atoms with Crippen molar-refractivity contribution in [3.63, 3.8) is 0 Å². The second kappa shape index (κ2) is 8.95. The molecule has 2 aromatic heterocycles. The van der Waals surface area contributed by atoms with Crippen LogP contribution in [-0.4, -0.2) is 47.0 Å². The molecule has 0 aliphatic heterocycles. The smallest absolute Gasteiger partial charge is 0.154 e. The van der Waals surface area contributed by atoms with Gasteiger partial charge in [-0.05, 0) is 46.5 Å². The molecule has 9 nitrogen and oxygen atoms in total. The largest absolute Gasteiger partial charge is 0.300 e. The first kappa shape index (κ1) is 20.1. The third kappa shape index (κ3) is 5.96. The minimum Gasteiger partial charge on any atom is -0.300 e. The fourth-order valence-electron chi connectivity index (χ4n) is 3.03. The van der Waals surface area contributed by atoms with Gasteiger partial charge in [0.2, 0.25) is 0 Å². The fourth-order valence-corrected chi connectivity index (χ4v) is 3.03. The third-order valence-corrected chi connectivity index (χ3v) is 4.99. The number of unbranched alkanes of at least 4 members (excludes halogenated alkanes) is 2. The van der Waals surface area contributed by atoms with Gasteiger partial charge >= 0.3 is 0 Å². The second-order valence-corrected chi connectivity index (χ2v) is 8.22. The van der Waals surface area contributed by atoms with Gasteiger partial charge in [-0.25, -0.2) is 10.2 Å². The first-order chi connectivity index (χ1) is 12.3. The van der Waals surface area contributed by atoms with E-state index in [1.54, 1.807) is 0 Å². The molecule has 2 heterocycles. The molecule has 0 radical (unpaired) electrons. The molecule has 26 heavy (non-hydrogen) atoms. The van der Waals surface area contributed by atoms with Crippen molar-refractivity contribution in [2.24, 2.45) is 0 Å². The maximum absolute atomic E-state index is 12.1. The summed E-state index contributed by atoms with van der Waals surface area (Å²) in [5.41, 5.74) is -0.179. The highest BCUT2D eigenvalue weighted by molar-refractivity contribution is 5.78. The van der Waals surface area contributed by atoms with Gasteiger partial charge in [-0.1, -0.05) is 40.5 Å². The molecule has 0 bridgehead atoms. The molecule has 0 aliphatic rings. The molecule has 0 atom stereocenters. The number of aromatic nitrogens is 8. The lowest BCUT2D eigenvalue weighted by molar-refractivity contribution is -0.119. The van der Waals surface area contributed by atoms with Gasteiger partial charge in [-0.3, -0.25) is 4.79 Å². The van der Waals surface area contributed by atoms with Gasteiger partial charge in [0.15, 0.2) is 11.6 Å². The van der Waals surface area contributed by atoms with E-state index in [2.05, 4.69) is 68.9 Å². The highest BCUT2D eigenvalue weighted by Crippen LogP contribution is 2.27. The summed E-state index contributed by atoms with van der Waals surface area (Å²) in [6.07, 6.45) is 7.03. The van der Waals surface area contributed by atoms with Crippen LogP contribution in [0.25, 0.3) is 0 Å². The monoisotopic (exact) mass is 362 g/mol. The minimum atomic E-state index is -0.0896. The average Bonchev–Trinajstić information content (AvgIpc) is 3.29. The van der Waals surface area contributed by atoms with Crippen molar-refractivity contribution in [3.8, 4) is 0 Å². The predicted molar refractivity (Wildman–Crippen MR) is 96.4 cm³/mol. The zero-order valence-electron chi connectivity index (χ0n) is 16.2. The quantitative estimate of drug-likeness (QED) is 0.556. The lowest BCUT2D eigenvalue weighted by atomic mass is 9.85. The van der Waals surface area contributed by atoms with Crippen LogP contribution in [0.2, 0.25) is 0 Å². The van der Waals surface area contributed by atoms with Crippen LogP contribution >= 0.6 is 0 Å². The summed E-state index contributed by atoms with van der Waals surface area (Å²) in [5, 5.41) is 28.2. The summed E-state index contributed by atoms with van der Waals surface area (Å²) in [6.45, 7) is 8.46. The number of rotatable bonds is 12. The third-order valence-electron chi connectivity index (χ3n) is 4.99. The number of nitrogens with zero attached hydrogens (tertiary/aromatic N) is 6. The Morgan fingerprint density at radius 3 is 1.54 bits per heavy atom. The van der Waals surface area contributed by atoms with Gasteiger partial charge in [0, 0.05) is 23.7 Å². The number of H-pyrrole nitrogens is 2. The topological polar surface area (TPSA) is 126 Å². The molecule has 0 aromatic carbocycles. The van der Waals surface area contributed by atoms with E-state index >= 15 is 0 Å². The summed E-state index contributed by atoms with van der Waals surface area (Å²) >= 11 is 0. The van der Waals surface area contributed by atoms with Crippen LogP contribution in [0.4, 0.5) is 0 Å². The SMILES string of the molecule is CC(C)(CCCCC(=O)CCCCC(C)(C)c1nnn[nH]1)c1nnn[nH]1. The summed E-state index contributed by atoms with van der Waals surface area (Å²) in [4.78, 5) is 12.1.